The van der Waals surface area contributed by atoms with Crippen molar-refractivity contribution in [2.75, 3.05) is 66.1 Å². The molecule has 6 nitrogen and oxygen atoms in total. The summed E-state index contributed by atoms with van der Waals surface area (Å²) in [5.41, 5.74) is 0. The summed E-state index contributed by atoms with van der Waals surface area (Å²) in [6.45, 7) is 8.54. The molecule has 23 heavy (non-hydrogen) atoms. The maximum atomic E-state index is 12.4. The van der Waals surface area contributed by atoms with E-state index in [9.17, 15) is 4.79 Å². The molecule has 0 unspecified atom stereocenters. The van der Waals surface area contributed by atoms with Crippen LogP contribution < -0.4 is 0 Å². The molecule has 0 aromatic heterocycles. The van der Waals surface area contributed by atoms with Gasteiger partial charge in [-0.05, 0) is 38.9 Å². The van der Waals surface area contributed by atoms with Gasteiger partial charge in [0.2, 0.25) is 5.91 Å². The second kappa shape index (κ2) is 8.42. The molecule has 3 rings (SSSR count). The zero-order valence-electron chi connectivity index (χ0n) is 14.4. The highest BCUT2D eigenvalue weighted by atomic mass is 16.7. The normalized spacial score (nSPS) is 26.0. The second-order valence-electron chi connectivity index (χ2n) is 7.13. The first-order valence-electron chi connectivity index (χ1n) is 9.12. The van der Waals surface area contributed by atoms with Crippen molar-refractivity contribution < 1.29 is 14.3 Å². The van der Waals surface area contributed by atoms with Crippen molar-refractivity contribution in [3.8, 4) is 0 Å². The Morgan fingerprint density at radius 3 is 2.30 bits per heavy atom. The summed E-state index contributed by atoms with van der Waals surface area (Å²) < 4.78 is 11.0. The van der Waals surface area contributed by atoms with E-state index in [2.05, 4.69) is 21.7 Å². The van der Waals surface area contributed by atoms with Crippen LogP contribution in [0.4, 0.5) is 0 Å². The van der Waals surface area contributed by atoms with E-state index in [1.807, 2.05) is 0 Å². The number of hydrogen-bond donors (Lipinski definition) is 0. The summed E-state index contributed by atoms with van der Waals surface area (Å²) in [6, 6.07) is 0. The van der Waals surface area contributed by atoms with Gasteiger partial charge in [0.25, 0.3) is 0 Å². The largest absolute Gasteiger partial charge is 0.350 e. The van der Waals surface area contributed by atoms with E-state index in [-0.39, 0.29) is 6.29 Å². The number of likely N-dealkylation sites (N-methyl/N-ethyl adjacent to an activating group) is 1. The van der Waals surface area contributed by atoms with Crippen LogP contribution in [0.25, 0.3) is 0 Å². The number of nitrogens with zero attached hydrogens (tertiary/aromatic N) is 3. The lowest BCUT2D eigenvalue weighted by molar-refractivity contribution is -0.134. The summed E-state index contributed by atoms with van der Waals surface area (Å²) >= 11 is 0. The van der Waals surface area contributed by atoms with Crippen molar-refractivity contribution in [2.24, 2.45) is 5.92 Å². The molecule has 6 heteroatoms. The molecule has 3 saturated heterocycles. The molecule has 0 radical (unpaired) electrons. The number of rotatable bonds is 5. The predicted octanol–water partition coefficient (Wildman–Crippen LogP) is 0.626. The quantitative estimate of drug-likeness (QED) is 0.742. The Morgan fingerprint density at radius 1 is 1.00 bits per heavy atom. The van der Waals surface area contributed by atoms with E-state index in [1.54, 1.807) is 0 Å². The molecule has 0 atom stereocenters. The van der Waals surface area contributed by atoms with Gasteiger partial charge in [-0.2, -0.15) is 0 Å². The van der Waals surface area contributed by atoms with Crippen molar-refractivity contribution in [3.63, 3.8) is 0 Å². The van der Waals surface area contributed by atoms with Crippen molar-refractivity contribution in [2.45, 2.75) is 32.0 Å². The third-order valence-corrected chi connectivity index (χ3v) is 5.40. The Morgan fingerprint density at radius 2 is 1.65 bits per heavy atom. The molecular weight excluding hydrogens is 294 g/mol. The molecule has 3 fully saturated rings. The zero-order valence-corrected chi connectivity index (χ0v) is 14.4. The summed E-state index contributed by atoms with van der Waals surface area (Å²) in [4.78, 5) is 19.3. The number of carbonyl (C=O) groups excluding carboxylic acids is 1. The van der Waals surface area contributed by atoms with Gasteiger partial charge in [0, 0.05) is 45.6 Å². The van der Waals surface area contributed by atoms with Gasteiger partial charge in [-0.25, -0.2) is 0 Å². The average Bonchev–Trinajstić information content (AvgIpc) is 3.08. The Kier molecular flexibility index (Phi) is 6.28. The molecule has 3 heterocycles. The second-order valence-corrected chi connectivity index (χ2v) is 7.13. The summed E-state index contributed by atoms with van der Waals surface area (Å²) in [5.74, 6) is 0.932. The maximum Gasteiger partial charge on any atom is 0.222 e. The molecule has 0 bridgehead atoms. The van der Waals surface area contributed by atoms with E-state index in [0.29, 0.717) is 11.8 Å². The Hall–Kier alpha value is -0.690. The van der Waals surface area contributed by atoms with Gasteiger partial charge in [0.05, 0.1) is 13.2 Å². The number of piperazine rings is 1. The van der Waals surface area contributed by atoms with Gasteiger partial charge in [-0.1, -0.05) is 0 Å². The third-order valence-electron chi connectivity index (χ3n) is 5.40. The molecule has 0 spiro atoms. The number of piperidine rings is 1. The number of likely N-dealkylation sites (tertiary alicyclic amines) is 1. The standard InChI is InChI=1S/C17H31N3O3/c1-18-8-10-20(11-9-18)16(21)14-15-2-5-19(6-3-15)7-4-17-22-12-13-23-17/h15,17H,2-14H2,1H3. The molecule has 3 aliphatic rings. The van der Waals surface area contributed by atoms with Gasteiger partial charge in [0.15, 0.2) is 6.29 Å². The van der Waals surface area contributed by atoms with Crippen molar-refractivity contribution in [3.05, 3.63) is 0 Å². The maximum absolute atomic E-state index is 12.4. The summed E-state index contributed by atoms with van der Waals surface area (Å²) in [5, 5.41) is 0. The Balaban J connectivity index is 1.31. The first-order valence-corrected chi connectivity index (χ1v) is 9.12. The molecule has 0 aromatic rings. The lowest BCUT2D eigenvalue weighted by Crippen LogP contribution is -2.47. The monoisotopic (exact) mass is 325 g/mol. The molecular formula is C17H31N3O3. The fourth-order valence-electron chi connectivity index (χ4n) is 3.71. The minimum atomic E-state index is 0.00605. The lowest BCUT2D eigenvalue weighted by Gasteiger charge is -2.35. The van der Waals surface area contributed by atoms with Gasteiger partial charge < -0.3 is 24.2 Å². The first-order chi connectivity index (χ1) is 11.2. The highest BCUT2D eigenvalue weighted by molar-refractivity contribution is 5.76. The van der Waals surface area contributed by atoms with Crippen LogP contribution >= 0.6 is 0 Å². The summed E-state index contributed by atoms with van der Waals surface area (Å²) in [7, 11) is 2.12. The smallest absolute Gasteiger partial charge is 0.222 e. The highest BCUT2D eigenvalue weighted by Crippen LogP contribution is 2.22. The fourth-order valence-corrected chi connectivity index (χ4v) is 3.71. The van der Waals surface area contributed by atoms with Crippen molar-refractivity contribution in [1.82, 2.24) is 14.7 Å². The van der Waals surface area contributed by atoms with Crippen LogP contribution in [0.15, 0.2) is 0 Å². The van der Waals surface area contributed by atoms with Crippen molar-refractivity contribution in [1.29, 1.82) is 0 Å². The molecule has 0 saturated carbocycles. The Bertz CT molecular complexity index is 371. The van der Waals surface area contributed by atoms with E-state index in [4.69, 9.17) is 9.47 Å². The van der Waals surface area contributed by atoms with Crippen LogP contribution in [0.3, 0.4) is 0 Å². The van der Waals surface area contributed by atoms with Gasteiger partial charge >= 0.3 is 0 Å². The minimum Gasteiger partial charge on any atom is -0.350 e. The lowest BCUT2D eigenvalue weighted by atomic mass is 9.92. The van der Waals surface area contributed by atoms with E-state index < -0.39 is 0 Å². The number of ether oxygens (including phenoxy) is 2. The molecule has 1 amide bonds. The van der Waals surface area contributed by atoms with Crippen LogP contribution in [0.2, 0.25) is 0 Å². The fraction of sp³-hybridized carbons (Fsp3) is 0.941. The highest BCUT2D eigenvalue weighted by Gasteiger charge is 2.26. The molecule has 3 aliphatic heterocycles. The molecule has 0 aromatic carbocycles. The molecule has 132 valence electrons. The molecule has 0 N–H and O–H groups in total. The van der Waals surface area contributed by atoms with E-state index in [1.165, 1.54) is 0 Å². The van der Waals surface area contributed by atoms with Crippen LogP contribution in [0.5, 0.6) is 0 Å². The van der Waals surface area contributed by atoms with Crippen LogP contribution in [0.1, 0.15) is 25.7 Å². The van der Waals surface area contributed by atoms with Gasteiger partial charge in [-0.15, -0.1) is 0 Å². The van der Waals surface area contributed by atoms with Crippen LogP contribution in [0, 0.1) is 5.92 Å². The number of carbonyl (C=O) groups is 1. The van der Waals surface area contributed by atoms with E-state index in [0.717, 1.165) is 84.7 Å². The third kappa shape index (κ3) is 5.14. The van der Waals surface area contributed by atoms with Crippen LogP contribution in [-0.4, -0.2) is 93.0 Å². The molecule has 0 aliphatic carbocycles. The number of amides is 1. The Labute approximate surface area is 139 Å². The number of hydrogen-bond acceptors (Lipinski definition) is 5. The van der Waals surface area contributed by atoms with Crippen molar-refractivity contribution >= 4 is 5.91 Å². The predicted molar refractivity (Wildman–Crippen MR) is 88.2 cm³/mol. The average molecular weight is 325 g/mol. The SMILES string of the molecule is CN1CCN(C(=O)CC2CCN(CCC3OCCO3)CC2)CC1. The van der Waals surface area contributed by atoms with E-state index >= 15 is 0 Å². The summed E-state index contributed by atoms with van der Waals surface area (Å²) in [6.07, 6.45) is 4.00. The minimum absolute atomic E-state index is 0.00605. The van der Waals surface area contributed by atoms with Gasteiger partial charge in [-0.3, -0.25) is 4.79 Å². The first kappa shape index (κ1) is 17.1. The zero-order chi connectivity index (χ0) is 16.1. The van der Waals surface area contributed by atoms with Gasteiger partial charge in [0.1, 0.15) is 0 Å². The topological polar surface area (TPSA) is 45.2 Å². The van der Waals surface area contributed by atoms with Crippen LogP contribution in [-0.2, 0) is 14.3 Å².